The van der Waals surface area contributed by atoms with Gasteiger partial charge < -0.3 is 0 Å². The van der Waals surface area contributed by atoms with Crippen LogP contribution in [0.1, 0.15) is 65.2 Å². The monoisotopic (exact) mass is 186 g/mol. The fourth-order valence-corrected chi connectivity index (χ4v) is 1.65. The summed E-state index contributed by atoms with van der Waals surface area (Å²) in [7, 11) is 0. The Balaban J connectivity index is 3.17. The maximum atomic E-state index is 5.45. The summed E-state index contributed by atoms with van der Waals surface area (Å²) in [5.74, 6) is 5.45. The molecular weight excluding hydrogens is 160 g/mol. The highest BCUT2D eigenvalue weighted by atomic mass is 15.2. The van der Waals surface area contributed by atoms with E-state index in [4.69, 9.17) is 5.84 Å². The van der Waals surface area contributed by atoms with E-state index in [1.807, 2.05) is 0 Å². The summed E-state index contributed by atoms with van der Waals surface area (Å²) in [6.45, 7) is 4.46. The van der Waals surface area contributed by atoms with E-state index < -0.39 is 0 Å². The third-order valence-corrected chi connectivity index (χ3v) is 2.53. The van der Waals surface area contributed by atoms with E-state index in [2.05, 4.69) is 19.3 Å². The largest absolute Gasteiger partial charge is 0.271 e. The Morgan fingerprint density at radius 2 is 1.62 bits per heavy atom. The number of nitrogens with one attached hydrogen (secondary N) is 1. The van der Waals surface area contributed by atoms with Crippen LogP contribution in [0.15, 0.2) is 0 Å². The van der Waals surface area contributed by atoms with Crippen molar-refractivity contribution in [2.24, 2.45) is 5.84 Å². The summed E-state index contributed by atoms with van der Waals surface area (Å²) in [6, 6.07) is 0.548. The van der Waals surface area contributed by atoms with Gasteiger partial charge >= 0.3 is 0 Å². The van der Waals surface area contributed by atoms with Crippen LogP contribution in [0.4, 0.5) is 0 Å². The van der Waals surface area contributed by atoms with Gasteiger partial charge in [-0.2, -0.15) is 0 Å². The molecule has 0 saturated heterocycles. The van der Waals surface area contributed by atoms with Gasteiger partial charge in [0.15, 0.2) is 0 Å². The van der Waals surface area contributed by atoms with Gasteiger partial charge in [-0.25, -0.2) is 0 Å². The van der Waals surface area contributed by atoms with Crippen molar-refractivity contribution < 1.29 is 0 Å². The summed E-state index contributed by atoms with van der Waals surface area (Å²) in [4.78, 5) is 0. The van der Waals surface area contributed by atoms with Gasteiger partial charge in [-0.05, 0) is 12.8 Å². The number of hydrogen-bond acceptors (Lipinski definition) is 2. The van der Waals surface area contributed by atoms with Gasteiger partial charge in [-0.3, -0.25) is 11.3 Å². The fourth-order valence-electron chi connectivity index (χ4n) is 1.65. The summed E-state index contributed by atoms with van der Waals surface area (Å²) in [5, 5.41) is 0. The van der Waals surface area contributed by atoms with Gasteiger partial charge in [0.25, 0.3) is 0 Å². The van der Waals surface area contributed by atoms with Gasteiger partial charge in [0.05, 0.1) is 0 Å². The maximum Gasteiger partial charge on any atom is 0.0210 e. The van der Waals surface area contributed by atoms with Crippen molar-refractivity contribution in [2.45, 2.75) is 71.3 Å². The Hall–Kier alpha value is -0.0800. The molecule has 2 nitrogen and oxygen atoms in total. The molecule has 0 aliphatic heterocycles. The van der Waals surface area contributed by atoms with Crippen molar-refractivity contribution in [3.8, 4) is 0 Å². The lowest BCUT2D eigenvalue weighted by molar-refractivity contribution is 0.435. The zero-order valence-electron chi connectivity index (χ0n) is 9.31. The smallest absolute Gasteiger partial charge is 0.0210 e. The summed E-state index contributed by atoms with van der Waals surface area (Å²) in [5.41, 5.74) is 2.89. The van der Waals surface area contributed by atoms with Crippen LogP contribution in [0.2, 0.25) is 0 Å². The van der Waals surface area contributed by atoms with Gasteiger partial charge in [0.2, 0.25) is 0 Å². The Labute approximate surface area is 83.2 Å². The van der Waals surface area contributed by atoms with E-state index in [1.165, 1.54) is 51.4 Å². The average molecular weight is 186 g/mol. The van der Waals surface area contributed by atoms with E-state index >= 15 is 0 Å². The van der Waals surface area contributed by atoms with Crippen LogP contribution in [0.25, 0.3) is 0 Å². The summed E-state index contributed by atoms with van der Waals surface area (Å²) >= 11 is 0. The van der Waals surface area contributed by atoms with Crippen molar-refractivity contribution in [1.29, 1.82) is 0 Å². The molecule has 3 N–H and O–H groups in total. The molecule has 0 spiro atoms. The van der Waals surface area contributed by atoms with E-state index in [-0.39, 0.29) is 0 Å². The maximum absolute atomic E-state index is 5.45. The van der Waals surface area contributed by atoms with E-state index in [1.54, 1.807) is 0 Å². The Kier molecular flexibility index (Phi) is 9.94. The molecule has 0 rings (SSSR count). The number of hydrogen-bond donors (Lipinski definition) is 2. The molecule has 1 atom stereocenters. The quantitative estimate of drug-likeness (QED) is 0.330. The minimum Gasteiger partial charge on any atom is -0.271 e. The molecule has 0 heterocycles. The molecule has 0 aromatic heterocycles. The molecule has 80 valence electrons. The molecule has 0 fully saturated rings. The fraction of sp³-hybridized carbons (Fsp3) is 1.00. The zero-order valence-corrected chi connectivity index (χ0v) is 9.31. The first kappa shape index (κ1) is 12.9. The zero-order chi connectivity index (χ0) is 9.94. The van der Waals surface area contributed by atoms with Crippen molar-refractivity contribution in [3.63, 3.8) is 0 Å². The molecule has 0 aromatic rings. The highest BCUT2D eigenvalue weighted by Crippen LogP contribution is 2.09. The Morgan fingerprint density at radius 1 is 0.923 bits per heavy atom. The van der Waals surface area contributed by atoms with Gasteiger partial charge in [-0.15, -0.1) is 0 Å². The second-order valence-corrected chi connectivity index (χ2v) is 3.86. The predicted molar refractivity (Wildman–Crippen MR) is 59.4 cm³/mol. The molecule has 2 heteroatoms. The predicted octanol–water partition coefficient (Wildman–Crippen LogP) is 2.98. The normalized spacial score (nSPS) is 13.2. The standard InChI is InChI=1S/C11H26N2/c1-3-5-6-7-8-10-11(13-12)9-4-2/h11,13H,3-10,12H2,1-2H3. The van der Waals surface area contributed by atoms with Crippen molar-refractivity contribution in [3.05, 3.63) is 0 Å². The lowest BCUT2D eigenvalue weighted by atomic mass is 10.0. The highest BCUT2D eigenvalue weighted by molar-refractivity contribution is 4.62. The summed E-state index contributed by atoms with van der Waals surface area (Å²) < 4.78 is 0. The lowest BCUT2D eigenvalue weighted by Crippen LogP contribution is -2.34. The molecule has 0 radical (unpaired) electrons. The number of rotatable bonds is 9. The van der Waals surface area contributed by atoms with Crippen LogP contribution < -0.4 is 11.3 Å². The Morgan fingerprint density at radius 3 is 2.15 bits per heavy atom. The highest BCUT2D eigenvalue weighted by Gasteiger charge is 2.03. The minimum absolute atomic E-state index is 0.548. The van der Waals surface area contributed by atoms with Crippen molar-refractivity contribution >= 4 is 0 Å². The van der Waals surface area contributed by atoms with Crippen molar-refractivity contribution in [1.82, 2.24) is 5.43 Å². The molecule has 0 bridgehead atoms. The average Bonchev–Trinajstić information content (AvgIpc) is 2.16. The third-order valence-electron chi connectivity index (χ3n) is 2.53. The van der Waals surface area contributed by atoms with Crippen molar-refractivity contribution in [2.75, 3.05) is 0 Å². The van der Waals surface area contributed by atoms with Gasteiger partial charge in [0, 0.05) is 6.04 Å². The third kappa shape index (κ3) is 8.26. The molecule has 0 aliphatic rings. The first-order chi connectivity index (χ1) is 6.35. The van der Waals surface area contributed by atoms with Crippen LogP contribution >= 0.6 is 0 Å². The van der Waals surface area contributed by atoms with Crippen LogP contribution in [-0.4, -0.2) is 6.04 Å². The molecule has 0 aliphatic carbocycles. The van der Waals surface area contributed by atoms with Crippen LogP contribution in [0.3, 0.4) is 0 Å². The van der Waals surface area contributed by atoms with E-state index in [9.17, 15) is 0 Å². The first-order valence-electron chi connectivity index (χ1n) is 5.81. The van der Waals surface area contributed by atoms with Gasteiger partial charge in [0.1, 0.15) is 0 Å². The first-order valence-corrected chi connectivity index (χ1v) is 5.81. The minimum atomic E-state index is 0.548. The topological polar surface area (TPSA) is 38.0 Å². The molecule has 13 heavy (non-hydrogen) atoms. The molecule has 0 amide bonds. The summed E-state index contributed by atoms with van der Waals surface area (Å²) in [6.07, 6.45) is 10.5. The SMILES string of the molecule is CCCCCCCC(CCC)NN. The second kappa shape index (κ2) is 10.0. The molecular formula is C11H26N2. The van der Waals surface area contributed by atoms with Crippen LogP contribution in [0.5, 0.6) is 0 Å². The lowest BCUT2D eigenvalue weighted by Gasteiger charge is -2.14. The number of unbranched alkanes of at least 4 members (excludes halogenated alkanes) is 4. The number of hydrazine groups is 1. The van der Waals surface area contributed by atoms with Crippen LogP contribution in [-0.2, 0) is 0 Å². The molecule has 0 aromatic carbocycles. The van der Waals surface area contributed by atoms with Gasteiger partial charge in [-0.1, -0.05) is 52.4 Å². The van der Waals surface area contributed by atoms with Crippen LogP contribution in [0, 0.1) is 0 Å². The van der Waals surface area contributed by atoms with E-state index in [0.717, 1.165) is 0 Å². The van der Waals surface area contributed by atoms with E-state index in [0.29, 0.717) is 6.04 Å². The Bertz CT molecular complexity index is 94.1. The molecule has 1 unspecified atom stereocenters. The second-order valence-electron chi connectivity index (χ2n) is 3.86. The molecule has 0 saturated carbocycles. The number of nitrogens with two attached hydrogens (primary N) is 1.